The first-order valence-corrected chi connectivity index (χ1v) is 10.8. The van der Waals surface area contributed by atoms with Crippen LogP contribution in [0.5, 0.6) is 0 Å². The molecule has 158 valence electrons. The topological polar surface area (TPSA) is 53.4 Å². The Morgan fingerprint density at radius 2 is 1.73 bits per heavy atom. The van der Waals surface area contributed by atoms with Crippen molar-refractivity contribution in [2.75, 3.05) is 36.4 Å². The van der Waals surface area contributed by atoms with Crippen molar-refractivity contribution < 1.29 is 4.79 Å². The van der Waals surface area contributed by atoms with Crippen molar-refractivity contribution in [3.8, 4) is 0 Å². The lowest BCUT2D eigenvalue weighted by molar-refractivity contribution is -0.116. The summed E-state index contributed by atoms with van der Waals surface area (Å²) in [4.78, 5) is 21.9. The van der Waals surface area contributed by atoms with Gasteiger partial charge in [-0.15, -0.1) is 0 Å². The van der Waals surface area contributed by atoms with Crippen LogP contribution < -0.4 is 10.2 Å². The lowest BCUT2D eigenvalue weighted by Crippen LogP contribution is -2.46. The van der Waals surface area contributed by atoms with Gasteiger partial charge in [-0.1, -0.05) is 38.1 Å². The number of rotatable bonds is 6. The second-order valence-corrected chi connectivity index (χ2v) is 8.50. The smallest absolute Gasteiger partial charge is 0.224 e. The molecule has 1 amide bonds. The first-order valence-electron chi connectivity index (χ1n) is 10.8. The van der Waals surface area contributed by atoms with Crippen LogP contribution in [0.15, 0.2) is 48.5 Å². The van der Waals surface area contributed by atoms with Crippen LogP contribution in [0.3, 0.4) is 0 Å². The molecule has 0 radical (unpaired) electrons. The zero-order valence-electron chi connectivity index (χ0n) is 18.1. The lowest BCUT2D eigenvalue weighted by atomic mass is 10.1. The maximum Gasteiger partial charge on any atom is 0.224 e. The van der Waals surface area contributed by atoms with E-state index in [2.05, 4.69) is 64.8 Å². The van der Waals surface area contributed by atoms with E-state index in [9.17, 15) is 4.79 Å². The summed E-state index contributed by atoms with van der Waals surface area (Å²) in [6.07, 6.45) is 0.542. The number of carbonyl (C=O) groups is 1. The fourth-order valence-electron chi connectivity index (χ4n) is 4.11. The van der Waals surface area contributed by atoms with Crippen LogP contribution in [0.25, 0.3) is 11.0 Å². The predicted octanol–water partition coefficient (Wildman–Crippen LogP) is 3.88. The number of carbonyl (C=O) groups excluding carboxylic acids is 1. The standard InChI is InChI=1S/C24H31N5O/c1-18(2)16-24(30)26-20-9-5-7-11-22(20)29-14-12-28(13-15-29)17-23-25-19-8-4-6-10-21(19)27(23)3/h4-11,18H,12-17H2,1-3H3,(H,26,30). The van der Waals surface area contributed by atoms with Crippen molar-refractivity contribution in [3.63, 3.8) is 0 Å². The van der Waals surface area contributed by atoms with Crippen LogP contribution in [-0.4, -0.2) is 46.5 Å². The summed E-state index contributed by atoms with van der Waals surface area (Å²) in [7, 11) is 2.09. The molecule has 1 N–H and O–H groups in total. The molecular weight excluding hydrogens is 374 g/mol. The van der Waals surface area contributed by atoms with Crippen LogP contribution in [0.4, 0.5) is 11.4 Å². The number of imidazole rings is 1. The summed E-state index contributed by atoms with van der Waals surface area (Å²) in [6.45, 7) is 8.79. The summed E-state index contributed by atoms with van der Waals surface area (Å²) < 4.78 is 2.20. The Bertz CT molecular complexity index is 1020. The van der Waals surface area contributed by atoms with E-state index in [1.807, 2.05) is 24.3 Å². The molecular formula is C24H31N5O. The zero-order valence-corrected chi connectivity index (χ0v) is 18.1. The molecule has 30 heavy (non-hydrogen) atoms. The van der Waals surface area contributed by atoms with Gasteiger partial charge in [-0.25, -0.2) is 4.98 Å². The van der Waals surface area contributed by atoms with E-state index < -0.39 is 0 Å². The van der Waals surface area contributed by atoms with E-state index in [0.717, 1.165) is 55.4 Å². The highest BCUT2D eigenvalue weighted by Gasteiger charge is 2.21. The van der Waals surface area contributed by atoms with E-state index in [1.165, 1.54) is 5.52 Å². The van der Waals surface area contributed by atoms with Crippen LogP contribution in [0.2, 0.25) is 0 Å². The second kappa shape index (κ2) is 8.88. The molecule has 1 aliphatic heterocycles. The molecule has 0 aliphatic carbocycles. The predicted molar refractivity (Wildman–Crippen MR) is 123 cm³/mol. The fraction of sp³-hybridized carbons (Fsp3) is 0.417. The number of fused-ring (bicyclic) bond motifs is 1. The number of aryl methyl sites for hydroxylation is 1. The molecule has 0 bridgehead atoms. The van der Waals surface area contributed by atoms with Gasteiger partial charge in [0.05, 0.1) is 29.0 Å². The maximum atomic E-state index is 12.3. The minimum absolute atomic E-state index is 0.0814. The van der Waals surface area contributed by atoms with Crippen molar-refractivity contribution in [2.24, 2.45) is 13.0 Å². The molecule has 0 saturated carbocycles. The SMILES string of the molecule is CC(C)CC(=O)Nc1ccccc1N1CCN(Cc2nc3ccccc3n2C)CC1. The summed E-state index contributed by atoms with van der Waals surface area (Å²) in [5.74, 6) is 1.53. The van der Waals surface area contributed by atoms with E-state index in [0.29, 0.717) is 12.3 Å². The Labute approximate surface area is 178 Å². The molecule has 2 heterocycles. The van der Waals surface area contributed by atoms with Crippen molar-refractivity contribution in [2.45, 2.75) is 26.8 Å². The molecule has 1 aromatic heterocycles. The molecule has 6 nitrogen and oxygen atoms in total. The quantitative estimate of drug-likeness (QED) is 0.676. The number of anilines is 2. The largest absolute Gasteiger partial charge is 0.367 e. The van der Waals surface area contributed by atoms with Gasteiger partial charge in [0.2, 0.25) is 5.91 Å². The van der Waals surface area contributed by atoms with E-state index >= 15 is 0 Å². The van der Waals surface area contributed by atoms with Crippen molar-refractivity contribution in [3.05, 3.63) is 54.4 Å². The Kier molecular flexibility index (Phi) is 6.04. The Morgan fingerprint density at radius 3 is 2.47 bits per heavy atom. The minimum atomic E-state index is 0.0814. The van der Waals surface area contributed by atoms with Crippen molar-refractivity contribution in [1.82, 2.24) is 14.5 Å². The molecule has 0 spiro atoms. The number of amides is 1. The maximum absolute atomic E-state index is 12.3. The van der Waals surface area contributed by atoms with Gasteiger partial charge in [0, 0.05) is 39.6 Å². The van der Waals surface area contributed by atoms with Gasteiger partial charge in [-0.05, 0) is 30.2 Å². The molecule has 2 aromatic carbocycles. The minimum Gasteiger partial charge on any atom is -0.367 e. The number of hydrogen-bond acceptors (Lipinski definition) is 4. The van der Waals surface area contributed by atoms with Gasteiger partial charge in [0.25, 0.3) is 0 Å². The molecule has 0 unspecified atom stereocenters. The number of nitrogens with zero attached hydrogens (tertiary/aromatic N) is 4. The Balaban J connectivity index is 1.40. The number of aromatic nitrogens is 2. The first kappa shape index (κ1) is 20.4. The van der Waals surface area contributed by atoms with Crippen molar-refractivity contribution in [1.29, 1.82) is 0 Å². The number of nitrogens with one attached hydrogen (secondary N) is 1. The highest BCUT2D eigenvalue weighted by atomic mass is 16.1. The highest BCUT2D eigenvalue weighted by molar-refractivity contribution is 5.94. The number of benzene rings is 2. The molecule has 1 saturated heterocycles. The van der Waals surface area contributed by atoms with Crippen LogP contribution in [0.1, 0.15) is 26.1 Å². The normalized spacial score (nSPS) is 15.1. The van der Waals surface area contributed by atoms with Crippen LogP contribution in [0, 0.1) is 5.92 Å². The first-order chi connectivity index (χ1) is 14.5. The van der Waals surface area contributed by atoms with Gasteiger partial charge >= 0.3 is 0 Å². The van der Waals surface area contributed by atoms with Gasteiger partial charge in [-0.3, -0.25) is 9.69 Å². The van der Waals surface area contributed by atoms with Gasteiger partial charge in [0.1, 0.15) is 5.82 Å². The Hall–Kier alpha value is -2.86. The lowest BCUT2D eigenvalue weighted by Gasteiger charge is -2.36. The average Bonchev–Trinajstić information content (AvgIpc) is 3.04. The van der Waals surface area contributed by atoms with E-state index in [1.54, 1.807) is 0 Å². The zero-order chi connectivity index (χ0) is 21.1. The third-order valence-corrected chi connectivity index (χ3v) is 5.73. The summed E-state index contributed by atoms with van der Waals surface area (Å²) in [5, 5.41) is 3.11. The fourth-order valence-corrected chi connectivity index (χ4v) is 4.11. The third kappa shape index (κ3) is 4.49. The van der Waals surface area contributed by atoms with Crippen molar-refractivity contribution >= 4 is 28.3 Å². The third-order valence-electron chi connectivity index (χ3n) is 5.73. The summed E-state index contributed by atoms with van der Waals surface area (Å²) >= 11 is 0. The van der Waals surface area contributed by atoms with Gasteiger partial charge < -0.3 is 14.8 Å². The van der Waals surface area contributed by atoms with E-state index in [-0.39, 0.29) is 5.91 Å². The van der Waals surface area contributed by atoms with E-state index in [4.69, 9.17) is 4.98 Å². The van der Waals surface area contributed by atoms with Crippen LogP contribution in [-0.2, 0) is 18.4 Å². The van der Waals surface area contributed by atoms with Crippen LogP contribution >= 0.6 is 0 Å². The summed E-state index contributed by atoms with van der Waals surface area (Å²) in [5.41, 5.74) is 4.25. The molecule has 0 atom stereocenters. The number of piperazine rings is 1. The number of hydrogen-bond donors (Lipinski definition) is 1. The monoisotopic (exact) mass is 405 g/mol. The molecule has 4 rings (SSSR count). The molecule has 3 aromatic rings. The molecule has 6 heteroatoms. The average molecular weight is 406 g/mol. The summed E-state index contributed by atoms with van der Waals surface area (Å²) in [6, 6.07) is 16.4. The molecule has 1 fully saturated rings. The second-order valence-electron chi connectivity index (χ2n) is 8.50. The highest BCUT2D eigenvalue weighted by Crippen LogP contribution is 2.27. The van der Waals surface area contributed by atoms with Gasteiger partial charge in [-0.2, -0.15) is 0 Å². The van der Waals surface area contributed by atoms with Gasteiger partial charge in [0.15, 0.2) is 0 Å². The molecule has 1 aliphatic rings. The Morgan fingerprint density at radius 1 is 1.03 bits per heavy atom. The number of para-hydroxylation sites is 4.